The summed E-state index contributed by atoms with van der Waals surface area (Å²) in [6, 6.07) is 21.6. The van der Waals surface area contributed by atoms with E-state index in [1.807, 2.05) is 47.8 Å². The van der Waals surface area contributed by atoms with Crippen molar-refractivity contribution >= 4 is 49.8 Å². The van der Waals surface area contributed by atoms with E-state index in [2.05, 4.69) is 16.2 Å². The van der Waals surface area contributed by atoms with Crippen LogP contribution in [-0.4, -0.2) is 38.0 Å². The summed E-state index contributed by atoms with van der Waals surface area (Å²) in [5, 5.41) is 15.9. The van der Waals surface area contributed by atoms with Crippen LogP contribution >= 0.6 is 11.3 Å². The largest absolute Gasteiger partial charge is 0.496 e. The second-order valence-corrected chi connectivity index (χ2v) is 11.2. The number of thiophene rings is 1. The molecule has 0 saturated carbocycles. The second-order valence-electron chi connectivity index (χ2n) is 8.37. The highest BCUT2D eigenvalue weighted by Gasteiger charge is 2.15. The van der Waals surface area contributed by atoms with Crippen molar-refractivity contribution in [2.75, 3.05) is 7.11 Å². The molecular formula is C28H24N4O4S2. The van der Waals surface area contributed by atoms with Crippen molar-refractivity contribution in [3.8, 4) is 21.9 Å². The minimum Gasteiger partial charge on any atom is -0.496 e. The van der Waals surface area contributed by atoms with E-state index < -0.39 is 9.71 Å². The number of ketones is 1. The van der Waals surface area contributed by atoms with Gasteiger partial charge in [-0.15, -0.1) is 16.4 Å². The molecule has 0 amide bonds. The van der Waals surface area contributed by atoms with Gasteiger partial charge in [-0.05, 0) is 71.9 Å². The molecule has 2 N–H and O–H groups in total. The average molecular weight is 545 g/mol. The predicted molar refractivity (Wildman–Crippen MR) is 152 cm³/mol. The van der Waals surface area contributed by atoms with Crippen LogP contribution in [-0.2, 0) is 16.4 Å². The molecule has 0 aliphatic carbocycles. The summed E-state index contributed by atoms with van der Waals surface area (Å²) in [6.07, 6.45) is 3.17. The number of allylic oxidation sites excluding steroid dienone is 1. The summed E-state index contributed by atoms with van der Waals surface area (Å²) < 4.78 is 25.4. The van der Waals surface area contributed by atoms with E-state index in [0.29, 0.717) is 27.5 Å². The zero-order chi connectivity index (χ0) is 26.7. The van der Waals surface area contributed by atoms with Gasteiger partial charge in [-0.25, -0.2) is 8.89 Å². The number of ether oxygens (including phenoxy) is 2. The number of hydrogen-bond donors (Lipinski definition) is 1. The topological polar surface area (TPSA) is 109 Å². The molecule has 2 heterocycles. The molecule has 0 saturated heterocycles. The normalized spacial score (nSPS) is 13.0. The Morgan fingerprint density at radius 2 is 1.89 bits per heavy atom. The Bertz CT molecular complexity index is 1740. The molecule has 3 aromatic carbocycles. The standard InChI is InChI=1S/C28H24N4O4S2/c1-35-27-17-26(36-18-32-24-7-4-3-6-23(24)30-31-32)20(16-22(27)28-8-5-15-37-28)11-14-25(33)19-9-12-21(13-10-19)38(2,29)34/h3-17H,2,18H2,1H3,(H2,29,34)/b14-11+. The summed E-state index contributed by atoms with van der Waals surface area (Å²) in [5.74, 6) is 4.40. The number of fused-ring (bicyclic) bond motifs is 1. The third-order valence-electron chi connectivity index (χ3n) is 5.83. The van der Waals surface area contributed by atoms with Gasteiger partial charge < -0.3 is 9.47 Å². The fourth-order valence-electron chi connectivity index (χ4n) is 3.88. The Labute approximate surface area is 224 Å². The van der Waals surface area contributed by atoms with Gasteiger partial charge in [0.15, 0.2) is 12.5 Å². The van der Waals surface area contributed by atoms with Crippen LogP contribution in [0.4, 0.5) is 0 Å². The van der Waals surface area contributed by atoms with E-state index in [0.717, 1.165) is 21.5 Å². The third kappa shape index (κ3) is 5.37. The van der Waals surface area contributed by atoms with Gasteiger partial charge in [0.1, 0.15) is 17.0 Å². The number of methoxy groups -OCH3 is 1. The van der Waals surface area contributed by atoms with Gasteiger partial charge in [-0.3, -0.25) is 9.93 Å². The Morgan fingerprint density at radius 3 is 2.61 bits per heavy atom. The summed E-state index contributed by atoms with van der Waals surface area (Å²) in [5.41, 5.74) is 3.60. The Hall–Kier alpha value is -4.25. The van der Waals surface area contributed by atoms with E-state index in [9.17, 15) is 9.00 Å². The van der Waals surface area contributed by atoms with Crippen molar-refractivity contribution in [3.05, 3.63) is 95.4 Å². The van der Waals surface area contributed by atoms with Crippen LogP contribution in [0.5, 0.6) is 11.5 Å². The monoisotopic (exact) mass is 544 g/mol. The lowest BCUT2D eigenvalue weighted by molar-refractivity contribution is 0.104. The first kappa shape index (κ1) is 25.4. The molecular weight excluding hydrogens is 520 g/mol. The van der Waals surface area contributed by atoms with Crippen LogP contribution in [0.3, 0.4) is 0 Å². The van der Waals surface area contributed by atoms with E-state index >= 15 is 0 Å². The van der Waals surface area contributed by atoms with Crippen molar-refractivity contribution in [1.29, 1.82) is 0 Å². The van der Waals surface area contributed by atoms with Gasteiger partial charge in [-0.2, -0.15) is 0 Å². The smallest absolute Gasteiger partial charge is 0.185 e. The first-order chi connectivity index (χ1) is 18.3. The SMILES string of the molecule is C=S(N)(=O)c1ccc(C(=O)/C=C/c2cc(-c3cccs3)c(OC)cc2OCn2nnc3ccccc32)cc1. The third-order valence-corrected chi connectivity index (χ3v) is 7.81. The van der Waals surface area contributed by atoms with Crippen molar-refractivity contribution in [2.45, 2.75) is 11.6 Å². The quantitative estimate of drug-likeness (QED) is 0.158. The first-order valence-corrected chi connectivity index (χ1v) is 14.1. The maximum absolute atomic E-state index is 12.9. The molecule has 0 bridgehead atoms. The minimum atomic E-state index is -2.85. The maximum Gasteiger partial charge on any atom is 0.185 e. The lowest BCUT2D eigenvalue weighted by atomic mass is 10.0. The number of nitrogens with zero attached hydrogens (tertiary/aromatic N) is 3. The van der Waals surface area contributed by atoms with Gasteiger partial charge in [0.2, 0.25) is 0 Å². The van der Waals surface area contributed by atoms with Crippen molar-refractivity contribution in [3.63, 3.8) is 0 Å². The van der Waals surface area contributed by atoms with Gasteiger partial charge in [0, 0.05) is 32.5 Å². The van der Waals surface area contributed by atoms with E-state index in [-0.39, 0.29) is 12.5 Å². The number of aromatic nitrogens is 3. The molecule has 1 unspecified atom stereocenters. The summed E-state index contributed by atoms with van der Waals surface area (Å²) >= 11 is 1.58. The highest BCUT2D eigenvalue weighted by Crippen LogP contribution is 2.39. The van der Waals surface area contributed by atoms with E-state index in [1.54, 1.807) is 59.5 Å². The fourth-order valence-corrected chi connectivity index (χ4v) is 5.23. The van der Waals surface area contributed by atoms with E-state index in [4.69, 9.17) is 14.6 Å². The number of benzene rings is 3. The van der Waals surface area contributed by atoms with Crippen LogP contribution in [0.1, 0.15) is 15.9 Å². The van der Waals surface area contributed by atoms with Crippen LogP contribution in [0, 0.1) is 0 Å². The number of rotatable bonds is 9. The van der Waals surface area contributed by atoms with Crippen LogP contribution < -0.4 is 14.6 Å². The summed E-state index contributed by atoms with van der Waals surface area (Å²) in [4.78, 5) is 14.3. The molecule has 0 spiro atoms. The lowest BCUT2D eigenvalue weighted by Gasteiger charge is -2.14. The molecule has 0 radical (unpaired) electrons. The number of para-hydroxylation sites is 1. The molecule has 2 aromatic heterocycles. The highest BCUT2D eigenvalue weighted by atomic mass is 32.2. The van der Waals surface area contributed by atoms with Crippen LogP contribution in [0.15, 0.2) is 89.1 Å². The van der Waals surface area contributed by atoms with Gasteiger partial charge >= 0.3 is 0 Å². The molecule has 192 valence electrons. The Morgan fingerprint density at radius 1 is 1.11 bits per heavy atom. The van der Waals surface area contributed by atoms with E-state index in [1.165, 1.54) is 6.08 Å². The zero-order valence-corrected chi connectivity index (χ0v) is 22.1. The van der Waals surface area contributed by atoms with Crippen LogP contribution in [0.2, 0.25) is 0 Å². The van der Waals surface area contributed by atoms with Gasteiger partial charge in [0.25, 0.3) is 0 Å². The molecule has 1 atom stereocenters. The van der Waals surface area contributed by atoms with Crippen LogP contribution in [0.25, 0.3) is 27.6 Å². The number of hydrogen-bond acceptors (Lipinski definition) is 7. The maximum atomic E-state index is 12.9. The molecule has 8 nitrogen and oxygen atoms in total. The number of carbonyl (C=O) groups excluding carboxylic acids is 1. The zero-order valence-electron chi connectivity index (χ0n) is 20.4. The molecule has 10 heteroatoms. The number of carbonyl (C=O) groups is 1. The molecule has 38 heavy (non-hydrogen) atoms. The molecule has 5 rings (SSSR count). The second kappa shape index (κ2) is 10.6. The minimum absolute atomic E-state index is 0.113. The summed E-state index contributed by atoms with van der Waals surface area (Å²) in [6.45, 7) is 0.113. The number of nitrogens with two attached hydrogens (primary N) is 1. The lowest BCUT2D eigenvalue weighted by Crippen LogP contribution is -2.11. The Balaban J connectivity index is 1.48. The predicted octanol–water partition coefficient (Wildman–Crippen LogP) is 5.05. The molecule has 0 aliphatic rings. The molecule has 5 aromatic rings. The Kier molecular flexibility index (Phi) is 7.10. The van der Waals surface area contributed by atoms with Crippen molar-refractivity contribution in [1.82, 2.24) is 15.0 Å². The molecule has 0 fully saturated rings. The first-order valence-electron chi connectivity index (χ1n) is 11.5. The fraction of sp³-hybridized carbons (Fsp3) is 0.0714. The van der Waals surface area contributed by atoms with Crippen molar-refractivity contribution < 1.29 is 18.5 Å². The average Bonchev–Trinajstić information content (AvgIpc) is 3.60. The van der Waals surface area contributed by atoms with Crippen molar-refractivity contribution in [2.24, 2.45) is 5.14 Å². The molecule has 0 aliphatic heterocycles. The van der Waals surface area contributed by atoms with Gasteiger partial charge in [-0.1, -0.05) is 23.4 Å². The summed E-state index contributed by atoms with van der Waals surface area (Å²) in [7, 11) is -1.24. The highest BCUT2D eigenvalue weighted by molar-refractivity contribution is 7.98. The van der Waals surface area contributed by atoms with Gasteiger partial charge in [0.05, 0.1) is 22.3 Å².